The Morgan fingerprint density at radius 1 is 0.818 bits per heavy atom. The predicted molar refractivity (Wildman–Crippen MR) is 127 cm³/mol. The van der Waals surface area contributed by atoms with Crippen molar-refractivity contribution in [3.8, 4) is 17.2 Å². The van der Waals surface area contributed by atoms with Gasteiger partial charge in [-0.25, -0.2) is 0 Å². The van der Waals surface area contributed by atoms with E-state index in [0.717, 1.165) is 36.6 Å². The van der Waals surface area contributed by atoms with E-state index in [4.69, 9.17) is 4.74 Å². The molecule has 0 atom stereocenters. The Morgan fingerprint density at radius 3 is 1.97 bits per heavy atom. The monoisotopic (exact) mass is 484 g/mol. The molecule has 0 spiro atoms. The molecular weight excluding hydrogens is 447 g/mol. The standard InChI is InChI=1S/C26H38O5S.Na/c1-2-3-4-5-6-7-8-9-10-11-12-13-15-22-16-14-17-24(20-22)31-25-21-23(27)18-19-26(25)32(28,29)30;/h14,16-21,27H,2-13,15H2,1H3,(H,28,29,30);/q;+1/p-1. The number of ether oxygens (including phenoxy) is 1. The van der Waals surface area contributed by atoms with E-state index < -0.39 is 15.0 Å². The summed E-state index contributed by atoms with van der Waals surface area (Å²) in [6.07, 6.45) is 16.6. The van der Waals surface area contributed by atoms with Crippen molar-refractivity contribution in [3.63, 3.8) is 0 Å². The van der Waals surface area contributed by atoms with Crippen molar-refractivity contribution in [3.05, 3.63) is 48.0 Å². The van der Waals surface area contributed by atoms with Gasteiger partial charge in [-0.2, -0.15) is 8.42 Å². The summed E-state index contributed by atoms with van der Waals surface area (Å²) in [6, 6.07) is 10.6. The normalized spacial score (nSPS) is 11.2. The molecule has 0 aliphatic heterocycles. The number of hydrogen-bond donors (Lipinski definition) is 1. The molecular formula is C26H37NaO5S. The second-order valence-corrected chi connectivity index (χ2v) is 9.86. The molecule has 0 saturated heterocycles. The van der Waals surface area contributed by atoms with Gasteiger partial charge in [0.2, 0.25) is 0 Å². The average Bonchev–Trinajstić information content (AvgIpc) is 2.74. The van der Waals surface area contributed by atoms with E-state index in [1.54, 1.807) is 6.07 Å². The van der Waals surface area contributed by atoms with Gasteiger partial charge in [0, 0.05) is 0 Å². The van der Waals surface area contributed by atoms with Gasteiger partial charge in [0.05, 0.1) is 0 Å². The summed E-state index contributed by atoms with van der Waals surface area (Å²) in [6.45, 7) is 2.25. The van der Waals surface area contributed by atoms with Crippen molar-refractivity contribution in [1.82, 2.24) is 0 Å². The van der Waals surface area contributed by atoms with E-state index >= 15 is 0 Å². The van der Waals surface area contributed by atoms with Crippen LogP contribution in [0.4, 0.5) is 0 Å². The van der Waals surface area contributed by atoms with Crippen LogP contribution < -0.4 is 39.4 Å². The number of aryl methyl sites for hydroxylation is 1. The minimum Gasteiger partial charge on any atom is -0.872 e. The fraction of sp³-hybridized carbons (Fsp3) is 0.538. The maximum atomic E-state index is 11.6. The molecule has 0 heterocycles. The summed E-state index contributed by atoms with van der Waals surface area (Å²) in [4.78, 5) is -0.413. The van der Waals surface area contributed by atoms with E-state index in [2.05, 4.69) is 6.92 Å². The predicted octanol–water partition coefficient (Wildman–Crippen LogP) is 4.05. The summed E-state index contributed by atoms with van der Waals surface area (Å²) in [5.74, 6) is -0.112. The first-order valence-electron chi connectivity index (χ1n) is 12.0. The van der Waals surface area contributed by atoms with E-state index in [1.165, 1.54) is 70.6 Å². The van der Waals surface area contributed by atoms with E-state index in [1.807, 2.05) is 18.2 Å². The van der Waals surface area contributed by atoms with Gasteiger partial charge >= 0.3 is 29.6 Å². The summed E-state index contributed by atoms with van der Waals surface area (Å²) in [7, 11) is -4.48. The second-order valence-electron chi connectivity index (χ2n) is 8.47. The number of hydrogen-bond acceptors (Lipinski definition) is 4. The topological polar surface area (TPSA) is 86.7 Å². The van der Waals surface area contributed by atoms with Crippen molar-refractivity contribution in [2.75, 3.05) is 0 Å². The third-order valence-electron chi connectivity index (χ3n) is 5.64. The van der Waals surface area contributed by atoms with Crippen molar-refractivity contribution in [2.45, 2.75) is 95.3 Å². The zero-order valence-electron chi connectivity index (χ0n) is 20.2. The molecule has 0 amide bonds. The maximum absolute atomic E-state index is 11.6. The van der Waals surface area contributed by atoms with Crippen LogP contribution in [0.3, 0.4) is 0 Å². The molecule has 0 radical (unpaired) electrons. The van der Waals surface area contributed by atoms with Crippen molar-refractivity contribution < 1.29 is 52.4 Å². The Hall–Kier alpha value is -1.05. The molecule has 0 bridgehead atoms. The number of unbranched alkanes of at least 4 members (excludes halogenated alkanes) is 11. The Kier molecular flexibility index (Phi) is 15.0. The molecule has 0 aliphatic rings. The Balaban J connectivity index is 0.00000544. The van der Waals surface area contributed by atoms with Gasteiger partial charge in [-0.05, 0) is 42.7 Å². The zero-order valence-corrected chi connectivity index (χ0v) is 23.0. The Morgan fingerprint density at radius 2 is 1.39 bits per heavy atom. The molecule has 0 aromatic heterocycles. The molecule has 1 N–H and O–H groups in total. The largest absolute Gasteiger partial charge is 1.00 e. The van der Waals surface area contributed by atoms with Crippen LogP contribution in [-0.4, -0.2) is 13.0 Å². The summed E-state index contributed by atoms with van der Waals surface area (Å²) < 4.78 is 38.1. The summed E-state index contributed by atoms with van der Waals surface area (Å²) in [5.41, 5.74) is 1.10. The molecule has 178 valence electrons. The van der Waals surface area contributed by atoms with E-state index in [9.17, 15) is 18.1 Å². The van der Waals surface area contributed by atoms with Crippen LogP contribution in [-0.2, 0) is 16.5 Å². The van der Waals surface area contributed by atoms with Crippen molar-refractivity contribution in [2.24, 2.45) is 0 Å². The van der Waals surface area contributed by atoms with Gasteiger partial charge in [-0.1, -0.05) is 95.8 Å². The van der Waals surface area contributed by atoms with Crippen LogP contribution >= 0.6 is 0 Å². The second kappa shape index (κ2) is 16.6. The van der Waals surface area contributed by atoms with Gasteiger partial charge < -0.3 is 9.84 Å². The van der Waals surface area contributed by atoms with Crippen LogP contribution in [0.25, 0.3) is 0 Å². The van der Waals surface area contributed by atoms with Gasteiger partial charge in [0.25, 0.3) is 10.1 Å². The Bertz CT molecular complexity index is 915. The summed E-state index contributed by atoms with van der Waals surface area (Å²) in [5, 5.41) is 11.6. The first-order chi connectivity index (χ1) is 15.4. The third-order valence-corrected chi connectivity index (χ3v) is 6.53. The quantitative estimate of drug-likeness (QED) is 0.221. The first kappa shape index (κ1) is 30.0. The average molecular weight is 485 g/mol. The molecule has 0 unspecified atom stereocenters. The molecule has 2 aromatic rings. The number of rotatable bonds is 16. The van der Waals surface area contributed by atoms with Gasteiger partial charge in [-0.3, -0.25) is 4.55 Å². The van der Waals surface area contributed by atoms with Gasteiger partial charge in [0.15, 0.2) is 0 Å². The first-order valence-corrected chi connectivity index (χ1v) is 13.4. The molecule has 0 fully saturated rings. The van der Waals surface area contributed by atoms with Crippen LogP contribution in [0, 0.1) is 0 Å². The minimum atomic E-state index is -4.48. The molecule has 2 aromatic carbocycles. The van der Waals surface area contributed by atoms with Gasteiger partial charge in [0.1, 0.15) is 16.4 Å². The number of benzene rings is 2. The molecule has 0 saturated carbocycles. The van der Waals surface area contributed by atoms with E-state index in [-0.39, 0.29) is 41.1 Å². The molecule has 2 rings (SSSR count). The van der Waals surface area contributed by atoms with Gasteiger partial charge in [-0.15, -0.1) is 5.75 Å². The van der Waals surface area contributed by atoms with Crippen molar-refractivity contribution >= 4 is 10.1 Å². The fourth-order valence-corrected chi connectivity index (χ4v) is 4.44. The van der Waals surface area contributed by atoms with Crippen LogP contribution in [0.5, 0.6) is 17.2 Å². The molecule has 33 heavy (non-hydrogen) atoms. The smallest absolute Gasteiger partial charge is 0.872 e. The van der Waals surface area contributed by atoms with Crippen LogP contribution in [0.1, 0.15) is 89.5 Å². The zero-order chi connectivity index (χ0) is 23.2. The van der Waals surface area contributed by atoms with Crippen LogP contribution in [0.15, 0.2) is 47.4 Å². The fourth-order valence-electron chi connectivity index (χ4n) is 3.84. The van der Waals surface area contributed by atoms with Crippen LogP contribution in [0.2, 0.25) is 0 Å². The van der Waals surface area contributed by atoms with E-state index in [0.29, 0.717) is 5.75 Å². The van der Waals surface area contributed by atoms with Crippen molar-refractivity contribution in [1.29, 1.82) is 0 Å². The molecule has 5 nitrogen and oxygen atoms in total. The Labute approximate surface area is 222 Å². The maximum Gasteiger partial charge on any atom is 1.00 e. The third kappa shape index (κ3) is 12.3. The molecule has 7 heteroatoms. The summed E-state index contributed by atoms with van der Waals surface area (Å²) >= 11 is 0. The minimum absolute atomic E-state index is 0. The SMILES string of the molecule is CCCCCCCCCCCCCCc1cccc(Oc2cc([O-])ccc2S(=O)(=O)O)c1.[Na+]. The molecule has 0 aliphatic carbocycles.